The van der Waals surface area contributed by atoms with Crippen molar-refractivity contribution in [1.82, 2.24) is 4.98 Å². The number of aromatic nitrogens is 1. The van der Waals surface area contributed by atoms with Crippen LogP contribution >= 0.6 is 11.3 Å². The van der Waals surface area contributed by atoms with Crippen molar-refractivity contribution in [2.45, 2.75) is 13.0 Å². The maximum absolute atomic E-state index is 13.3. The molecule has 3 aromatic rings. The molecule has 1 atom stereocenters. The number of esters is 1. The summed E-state index contributed by atoms with van der Waals surface area (Å²) in [5.74, 6) is -1.70. The summed E-state index contributed by atoms with van der Waals surface area (Å²) >= 11 is 0.931. The summed E-state index contributed by atoms with van der Waals surface area (Å²) in [6.07, 6.45) is 1.61. The van der Waals surface area contributed by atoms with E-state index in [1.807, 2.05) is 0 Å². The van der Waals surface area contributed by atoms with E-state index in [4.69, 9.17) is 14.2 Å². The van der Waals surface area contributed by atoms with E-state index in [0.717, 1.165) is 11.3 Å². The molecule has 0 spiro atoms. The Morgan fingerprint density at radius 2 is 1.89 bits per heavy atom. The number of carbonyl (C=O) groups is 3. The molecule has 1 aliphatic rings. The maximum Gasteiger partial charge on any atom is 0.350 e. The molecule has 2 aromatic carbocycles. The third-order valence-corrected chi connectivity index (χ3v) is 6.85. The number of aryl methyl sites for hydroxylation is 1. The van der Waals surface area contributed by atoms with E-state index in [9.17, 15) is 19.5 Å². The van der Waals surface area contributed by atoms with Crippen LogP contribution in [-0.2, 0) is 14.3 Å². The zero-order chi connectivity index (χ0) is 26.7. The number of methoxy groups -OCH3 is 2. The summed E-state index contributed by atoms with van der Waals surface area (Å²) < 4.78 is 15.6. The minimum atomic E-state index is -1.02. The lowest BCUT2D eigenvalue weighted by molar-refractivity contribution is -0.132. The SMILES string of the molecule is C=CCOc1ccc([C@H]2/C(=C(\O)c3cccc(OC)c3)C(=O)C(=O)N2c2nc(C)c(C(=O)OC)s2)cc1. The number of thiazole rings is 1. The van der Waals surface area contributed by atoms with Gasteiger partial charge in [-0.05, 0) is 36.8 Å². The number of amides is 1. The number of ether oxygens (including phenoxy) is 3. The fourth-order valence-corrected chi connectivity index (χ4v) is 4.95. The van der Waals surface area contributed by atoms with Gasteiger partial charge in [-0.1, -0.05) is 48.3 Å². The maximum atomic E-state index is 13.3. The summed E-state index contributed by atoms with van der Waals surface area (Å²) in [6, 6.07) is 12.3. The van der Waals surface area contributed by atoms with Crippen molar-refractivity contribution in [3.05, 3.63) is 88.5 Å². The molecule has 0 radical (unpaired) electrons. The first-order valence-corrected chi connectivity index (χ1v) is 12.0. The predicted molar refractivity (Wildman–Crippen MR) is 138 cm³/mol. The van der Waals surface area contributed by atoms with Crippen LogP contribution < -0.4 is 14.4 Å². The van der Waals surface area contributed by atoms with Crippen molar-refractivity contribution in [2.75, 3.05) is 25.7 Å². The van der Waals surface area contributed by atoms with Crippen LogP contribution in [0.25, 0.3) is 5.76 Å². The zero-order valence-electron chi connectivity index (χ0n) is 20.4. The molecule has 9 nitrogen and oxygen atoms in total. The van der Waals surface area contributed by atoms with Crippen LogP contribution in [-0.4, -0.2) is 48.6 Å². The molecule has 2 heterocycles. The summed E-state index contributed by atoms with van der Waals surface area (Å²) in [5.41, 5.74) is 1.07. The molecule has 1 aliphatic heterocycles. The number of aliphatic hydroxyl groups excluding tert-OH is 1. The van der Waals surface area contributed by atoms with Crippen molar-refractivity contribution in [1.29, 1.82) is 0 Å². The average Bonchev–Trinajstić information content (AvgIpc) is 3.43. The van der Waals surface area contributed by atoms with Gasteiger partial charge in [-0.15, -0.1) is 0 Å². The number of Topliss-reactive ketones (excluding diaryl/α,β-unsaturated/α-hetero) is 1. The van der Waals surface area contributed by atoms with Crippen molar-refractivity contribution in [2.24, 2.45) is 0 Å². The lowest BCUT2D eigenvalue weighted by Crippen LogP contribution is -2.29. The second-order valence-corrected chi connectivity index (χ2v) is 8.95. The van der Waals surface area contributed by atoms with Crippen molar-refractivity contribution in [3.63, 3.8) is 0 Å². The molecule has 4 rings (SSSR count). The number of aliphatic hydroxyl groups is 1. The highest BCUT2D eigenvalue weighted by Crippen LogP contribution is 2.44. The first kappa shape index (κ1) is 25.6. The minimum absolute atomic E-state index is 0.120. The number of hydrogen-bond acceptors (Lipinski definition) is 9. The van der Waals surface area contributed by atoms with Crippen LogP contribution in [0.5, 0.6) is 11.5 Å². The fraction of sp³-hybridized carbons (Fsp3) is 0.185. The van der Waals surface area contributed by atoms with Gasteiger partial charge in [0.15, 0.2) is 5.13 Å². The number of rotatable bonds is 8. The Bertz CT molecular complexity index is 1410. The van der Waals surface area contributed by atoms with Gasteiger partial charge in [-0.25, -0.2) is 9.78 Å². The Morgan fingerprint density at radius 1 is 1.16 bits per heavy atom. The van der Waals surface area contributed by atoms with Gasteiger partial charge in [0.05, 0.1) is 31.5 Å². The van der Waals surface area contributed by atoms with E-state index in [1.54, 1.807) is 61.5 Å². The van der Waals surface area contributed by atoms with Gasteiger partial charge >= 0.3 is 11.9 Å². The predicted octanol–water partition coefficient (Wildman–Crippen LogP) is 4.44. The summed E-state index contributed by atoms with van der Waals surface area (Å²) in [6.45, 7) is 5.55. The number of anilines is 1. The average molecular weight is 521 g/mol. The molecule has 0 unspecified atom stereocenters. The van der Waals surface area contributed by atoms with Crippen LogP contribution in [0, 0.1) is 6.92 Å². The smallest absolute Gasteiger partial charge is 0.350 e. The molecule has 0 bridgehead atoms. The molecule has 0 saturated carbocycles. The number of benzene rings is 2. The molecule has 0 aliphatic carbocycles. The Balaban J connectivity index is 1.90. The van der Waals surface area contributed by atoms with E-state index in [1.165, 1.54) is 19.1 Å². The van der Waals surface area contributed by atoms with Crippen molar-refractivity contribution < 1.29 is 33.7 Å². The minimum Gasteiger partial charge on any atom is -0.507 e. The van der Waals surface area contributed by atoms with Gasteiger partial charge in [0.2, 0.25) is 0 Å². The van der Waals surface area contributed by atoms with Crippen LogP contribution in [0.2, 0.25) is 0 Å². The molecule has 37 heavy (non-hydrogen) atoms. The summed E-state index contributed by atoms with van der Waals surface area (Å²) in [7, 11) is 2.73. The molecule has 1 aromatic heterocycles. The van der Waals surface area contributed by atoms with Gasteiger partial charge in [0.1, 0.15) is 28.7 Å². The molecule has 1 saturated heterocycles. The number of nitrogens with zero attached hydrogens (tertiary/aromatic N) is 2. The lowest BCUT2D eigenvalue weighted by Gasteiger charge is -2.23. The van der Waals surface area contributed by atoms with Gasteiger partial charge in [0.25, 0.3) is 5.78 Å². The Labute approximate surface area is 217 Å². The highest BCUT2D eigenvalue weighted by molar-refractivity contribution is 7.17. The van der Waals surface area contributed by atoms with E-state index in [0.29, 0.717) is 34.9 Å². The van der Waals surface area contributed by atoms with Gasteiger partial charge < -0.3 is 19.3 Å². The number of carbonyl (C=O) groups excluding carboxylic acids is 3. The quantitative estimate of drug-likeness (QED) is 0.152. The Hall–Kier alpha value is -4.44. The van der Waals surface area contributed by atoms with Gasteiger partial charge in [0, 0.05) is 5.56 Å². The molecule has 10 heteroatoms. The fourth-order valence-electron chi connectivity index (χ4n) is 3.94. The van der Waals surface area contributed by atoms with Crippen LogP contribution in [0.1, 0.15) is 32.5 Å². The molecular formula is C27H24N2O7S. The van der Waals surface area contributed by atoms with Gasteiger partial charge in [-0.2, -0.15) is 0 Å². The Kier molecular flexibility index (Phi) is 7.40. The molecule has 1 fully saturated rings. The van der Waals surface area contributed by atoms with E-state index in [-0.39, 0.29) is 21.3 Å². The van der Waals surface area contributed by atoms with Crippen LogP contribution in [0.4, 0.5) is 5.13 Å². The van der Waals surface area contributed by atoms with E-state index >= 15 is 0 Å². The van der Waals surface area contributed by atoms with Gasteiger partial charge in [-0.3, -0.25) is 14.5 Å². The molecule has 1 N–H and O–H groups in total. The summed E-state index contributed by atoms with van der Waals surface area (Å²) in [5, 5.41) is 11.4. The van der Waals surface area contributed by atoms with Crippen molar-refractivity contribution >= 4 is 39.9 Å². The summed E-state index contributed by atoms with van der Waals surface area (Å²) in [4.78, 5) is 44.7. The van der Waals surface area contributed by atoms with Crippen molar-refractivity contribution in [3.8, 4) is 11.5 Å². The largest absolute Gasteiger partial charge is 0.507 e. The Morgan fingerprint density at radius 3 is 2.54 bits per heavy atom. The number of hydrogen-bond donors (Lipinski definition) is 1. The normalized spacial score (nSPS) is 16.5. The monoisotopic (exact) mass is 520 g/mol. The standard InChI is InChI=1S/C27H24N2O7S/c1-5-13-36-18-11-9-16(10-12-18)21-20(22(30)17-7-6-8-19(14-17)34-3)23(31)25(32)29(21)27-28-15(2)24(37-27)26(33)35-4/h5-12,14,21,30H,1,13H2,2-4H3/b22-20+/t21-/m0/s1. The van der Waals surface area contributed by atoms with Crippen LogP contribution in [0.15, 0.2) is 66.8 Å². The highest BCUT2D eigenvalue weighted by Gasteiger charge is 2.48. The first-order valence-electron chi connectivity index (χ1n) is 11.2. The highest BCUT2D eigenvalue weighted by atomic mass is 32.1. The van der Waals surface area contributed by atoms with Crippen LogP contribution in [0.3, 0.4) is 0 Å². The molecule has 1 amide bonds. The molecule has 190 valence electrons. The lowest BCUT2D eigenvalue weighted by atomic mass is 9.95. The second-order valence-electron chi connectivity index (χ2n) is 7.97. The second kappa shape index (κ2) is 10.7. The molecular weight excluding hydrogens is 496 g/mol. The third-order valence-electron chi connectivity index (χ3n) is 5.71. The van der Waals surface area contributed by atoms with E-state index < -0.39 is 23.7 Å². The third kappa shape index (κ3) is 4.83. The number of ketones is 1. The topological polar surface area (TPSA) is 115 Å². The van der Waals surface area contributed by atoms with E-state index in [2.05, 4.69) is 11.6 Å². The zero-order valence-corrected chi connectivity index (χ0v) is 21.2. The first-order chi connectivity index (χ1) is 17.8.